The molecular formula is C25H29N3O2. The number of likely N-dealkylation sites (tertiary alicyclic amines) is 1. The van der Waals surface area contributed by atoms with E-state index in [2.05, 4.69) is 34.4 Å². The van der Waals surface area contributed by atoms with Crippen molar-refractivity contribution in [1.29, 1.82) is 0 Å². The Kier molecular flexibility index (Phi) is 6.62. The van der Waals surface area contributed by atoms with E-state index in [0.29, 0.717) is 6.54 Å². The van der Waals surface area contributed by atoms with Crippen LogP contribution < -0.4 is 10.1 Å². The maximum absolute atomic E-state index is 10.4. The molecule has 0 radical (unpaired) electrons. The van der Waals surface area contributed by atoms with Crippen LogP contribution in [0.5, 0.6) is 11.5 Å². The first-order chi connectivity index (χ1) is 14.7. The van der Waals surface area contributed by atoms with E-state index in [0.717, 1.165) is 48.4 Å². The number of hydrogen-bond acceptors (Lipinski definition) is 5. The van der Waals surface area contributed by atoms with Gasteiger partial charge in [0, 0.05) is 37.6 Å². The quantitative estimate of drug-likeness (QED) is 0.621. The Hall–Kier alpha value is -2.89. The standard InChI is InChI=1S/C25H29N3O2/c1-28-14-11-21(12-15-28)30-22-8-4-6-19(16-22)17-27-25(20-7-5-13-26-18-20)23-9-2-3-10-24(23)29/h2-10,13,16,18,21,25,27,29H,11-12,14-15,17H2,1H3. The molecule has 1 fully saturated rings. The molecule has 1 unspecified atom stereocenters. The lowest BCUT2D eigenvalue weighted by atomic mass is 9.99. The third-order valence-electron chi connectivity index (χ3n) is 5.64. The summed E-state index contributed by atoms with van der Waals surface area (Å²) in [5.74, 6) is 1.20. The SMILES string of the molecule is CN1CCC(Oc2cccc(CNC(c3cccnc3)c3ccccc3O)c2)CC1. The van der Waals surface area contributed by atoms with Crippen molar-refractivity contribution >= 4 is 0 Å². The molecule has 0 spiro atoms. The molecule has 1 aliphatic rings. The lowest BCUT2D eigenvalue weighted by molar-refractivity contribution is 0.114. The molecule has 4 rings (SSSR count). The van der Waals surface area contributed by atoms with Crippen LogP contribution in [-0.2, 0) is 6.54 Å². The fourth-order valence-electron chi connectivity index (χ4n) is 3.93. The lowest BCUT2D eigenvalue weighted by Gasteiger charge is -2.29. The summed E-state index contributed by atoms with van der Waals surface area (Å²) in [5.41, 5.74) is 2.99. The van der Waals surface area contributed by atoms with Crippen LogP contribution in [0.1, 0.15) is 35.6 Å². The van der Waals surface area contributed by atoms with Gasteiger partial charge in [-0.1, -0.05) is 36.4 Å². The van der Waals surface area contributed by atoms with Crippen LogP contribution in [0.25, 0.3) is 0 Å². The summed E-state index contributed by atoms with van der Waals surface area (Å²) in [7, 11) is 2.16. The molecule has 1 saturated heterocycles. The monoisotopic (exact) mass is 403 g/mol. The van der Waals surface area contributed by atoms with Gasteiger partial charge in [0.05, 0.1) is 6.04 Å². The van der Waals surface area contributed by atoms with Gasteiger partial charge < -0.3 is 20.1 Å². The highest BCUT2D eigenvalue weighted by atomic mass is 16.5. The zero-order chi connectivity index (χ0) is 20.8. The number of aromatic hydroxyl groups is 1. The first kappa shape index (κ1) is 20.4. The minimum atomic E-state index is -0.154. The average Bonchev–Trinajstić information content (AvgIpc) is 2.78. The molecule has 0 bridgehead atoms. The summed E-state index contributed by atoms with van der Waals surface area (Å²) in [6.07, 6.45) is 6.01. The minimum Gasteiger partial charge on any atom is -0.508 e. The van der Waals surface area contributed by atoms with Gasteiger partial charge in [-0.2, -0.15) is 0 Å². The number of phenolic OH excluding ortho intramolecular Hbond substituents is 1. The maximum atomic E-state index is 10.4. The van der Waals surface area contributed by atoms with Crippen LogP contribution in [0, 0.1) is 0 Å². The molecule has 1 aromatic heterocycles. The van der Waals surface area contributed by atoms with E-state index in [1.54, 1.807) is 12.3 Å². The molecular weight excluding hydrogens is 374 g/mol. The number of pyridine rings is 1. The summed E-state index contributed by atoms with van der Waals surface area (Å²) < 4.78 is 6.24. The highest BCUT2D eigenvalue weighted by Gasteiger charge is 2.19. The fraction of sp³-hybridized carbons (Fsp3) is 0.320. The summed E-state index contributed by atoms with van der Waals surface area (Å²) in [4.78, 5) is 6.60. The molecule has 30 heavy (non-hydrogen) atoms. The highest BCUT2D eigenvalue weighted by Crippen LogP contribution is 2.29. The minimum absolute atomic E-state index is 0.154. The molecule has 156 valence electrons. The second kappa shape index (κ2) is 9.74. The number of phenols is 1. The van der Waals surface area contributed by atoms with E-state index in [4.69, 9.17) is 4.74 Å². The van der Waals surface area contributed by atoms with Crippen molar-refractivity contribution in [3.8, 4) is 11.5 Å². The Bertz CT molecular complexity index is 940. The van der Waals surface area contributed by atoms with Crippen molar-refractivity contribution in [3.05, 3.63) is 89.7 Å². The largest absolute Gasteiger partial charge is 0.508 e. The van der Waals surface area contributed by atoms with Crippen LogP contribution >= 0.6 is 0 Å². The number of benzene rings is 2. The molecule has 0 amide bonds. The van der Waals surface area contributed by atoms with Gasteiger partial charge in [-0.25, -0.2) is 0 Å². The van der Waals surface area contributed by atoms with Crippen LogP contribution in [0.3, 0.4) is 0 Å². The number of piperidine rings is 1. The molecule has 3 aromatic rings. The summed E-state index contributed by atoms with van der Waals surface area (Å²) in [6.45, 7) is 2.82. The summed E-state index contributed by atoms with van der Waals surface area (Å²) in [5, 5.41) is 14.0. The summed E-state index contributed by atoms with van der Waals surface area (Å²) >= 11 is 0. The number of para-hydroxylation sites is 1. The zero-order valence-corrected chi connectivity index (χ0v) is 17.4. The Balaban J connectivity index is 1.47. The van der Waals surface area contributed by atoms with E-state index in [-0.39, 0.29) is 17.9 Å². The molecule has 2 aromatic carbocycles. The average molecular weight is 404 g/mol. The first-order valence-corrected chi connectivity index (χ1v) is 10.5. The predicted octanol–water partition coefficient (Wildman–Crippen LogP) is 4.14. The van der Waals surface area contributed by atoms with E-state index >= 15 is 0 Å². The smallest absolute Gasteiger partial charge is 0.120 e. The molecule has 1 atom stereocenters. The van der Waals surface area contributed by atoms with Crippen molar-refractivity contribution in [2.75, 3.05) is 20.1 Å². The third-order valence-corrected chi connectivity index (χ3v) is 5.64. The zero-order valence-electron chi connectivity index (χ0n) is 17.4. The summed E-state index contributed by atoms with van der Waals surface area (Å²) in [6, 6.07) is 19.5. The molecule has 5 heteroatoms. The van der Waals surface area contributed by atoms with Gasteiger partial charge in [-0.05, 0) is 55.3 Å². The number of aromatic nitrogens is 1. The Morgan fingerprint density at radius 1 is 1.10 bits per heavy atom. The molecule has 1 aliphatic heterocycles. The first-order valence-electron chi connectivity index (χ1n) is 10.5. The Morgan fingerprint density at radius 2 is 1.93 bits per heavy atom. The van der Waals surface area contributed by atoms with E-state index < -0.39 is 0 Å². The van der Waals surface area contributed by atoms with E-state index in [1.807, 2.05) is 48.7 Å². The van der Waals surface area contributed by atoms with Gasteiger partial charge in [0.1, 0.15) is 17.6 Å². The molecule has 0 aliphatic carbocycles. The number of nitrogens with one attached hydrogen (secondary N) is 1. The lowest BCUT2D eigenvalue weighted by Crippen LogP contribution is -2.35. The van der Waals surface area contributed by atoms with Crippen LogP contribution in [0.15, 0.2) is 73.1 Å². The predicted molar refractivity (Wildman–Crippen MR) is 119 cm³/mol. The molecule has 2 heterocycles. The second-order valence-electron chi connectivity index (χ2n) is 7.93. The fourth-order valence-corrected chi connectivity index (χ4v) is 3.93. The molecule has 2 N–H and O–H groups in total. The van der Waals surface area contributed by atoms with Crippen LogP contribution in [-0.4, -0.2) is 41.2 Å². The second-order valence-corrected chi connectivity index (χ2v) is 7.93. The van der Waals surface area contributed by atoms with Crippen molar-refractivity contribution in [3.63, 3.8) is 0 Å². The van der Waals surface area contributed by atoms with Gasteiger partial charge in [0.15, 0.2) is 0 Å². The Morgan fingerprint density at radius 3 is 2.70 bits per heavy atom. The van der Waals surface area contributed by atoms with Crippen molar-refractivity contribution < 1.29 is 9.84 Å². The number of rotatable bonds is 7. The number of hydrogen-bond donors (Lipinski definition) is 2. The molecule has 0 saturated carbocycles. The van der Waals surface area contributed by atoms with Crippen molar-refractivity contribution in [2.24, 2.45) is 0 Å². The van der Waals surface area contributed by atoms with Gasteiger partial charge in [-0.3, -0.25) is 4.98 Å². The van der Waals surface area contributed by atoms with E-state index in [1.165, 1.54) is 0 Å². The van der Waals surface area contributed by atoms with Gasteiger partial charge in [0.2, 0.25) is 0 Å². The maximum Gasteiger partial charge on any atom is 0.120 e. The highest BCUT2D eigenvalue weighted by molar-refractivity contribution is 5.40. The van der Waals surface area contributed by atoms with Crippen molar-refractivity contribution in [2.45, 2.75) is 31.5 Å². The van der Waals surface area contributed by atoms with E-state index in [9.17, 15) is 5.11 Å². The third kappa shape index (κ3) is 5.17. The normalized spacial score (nSPS) is 16.3. The molecule has 5 nitrogen and oxygen atoms in total. The van der Waals surface area contributed by atoms with Gasteiger partial charge in [0.25, 0.3) is 0 Å². The van der Waals surface area contributed by atoms with Gasteiger partial charge in [-0.15, -0.1) is 0 Å². The van der Waals surface area contributed by atoms with Crippen LogP contribution in [0.2, 0.25) is 0 Å². The van der Waals surface area contributed by atoms with Crippen molar-refractivity contribution in [1.82, 2.24) is 15.2 Å². The number of nitrogens with zero attached hydrogens (tertiary/aromatic N) is 2. The van der Waals surface area contributed by atoms with Crippen LogP contribution in [0.4, 0.5) is 0 Å². The van der Waals surface area contributed by atoms with Gasteiger partial charge >= 0.3 is 0 Å². The number of ether oxygens (including phenoxy) is 1. The Labute approximate surface area is 178 Å². The topological polar surface area (TPSA) is 57.6 Å².